The molecule has 0 spiro atoms. The second-order valence-electron chi connectivity index (χ2n) is 8.70. The van der Waals surface area contributed by atoms with Gasteiger partial charge in [-0.3, -0.25) is 0 Å². The van der Waals surface area contributed by atoms with Crippen LogP contribution in [0.3, 0.4) is 0 Å². The number of carbonyl (C=O) groups is 2. The van der Waals surface area contributed by atoms with Crippen molar-refractivity contribution in [2.75, 3.05) is 33.3 Å². The van der Waals surface area contributed by atoms with Crippen LogP contribution in [0.1, 0.15) is 53.9 Å². The van der Waals surface area contributed by atoms with Gasteiger partial charge in [-0.15, -0.1) is 0 Å². The minimum Gasteiger partial charge on any atom is -0.462 e. The number of piperidine rings is 1. The topological polar surface area (TPSA) is 59.1 Å². The molecule has 0 bridgehead atoms. The number of likely N-dealkylation sites (N-methyl/N-ethyl adjacent to an activating group) is 1. The lowest BCUT2D eigenvalue weighted by atomic mass is 10.0. The van der Waals surface area contributed by atoms with Gasteiger partial charge in [-0.1, -0.05) is 23.8 Å². The van der Waals surface area contributed by atoms with Gasteiger partial charge < -0.3 is 19.3 Å². The molecule has 0 aliphatic carbocycles. The van der Waals surface area contributed by atoms with E-state index in [0.717, 1.165) is 44.5 Å². The molecule has 6 nitrogen and oxygen atoms in total. The second kappa shape index (κ2) is 12.2. The predicted molar refractivity (Wildman–Crippen MR) is 122 cm³/mol. The fourth-order valence-corrected chi connectivity index (χ4v) is 3.37. The first-order valence-electron chi connectivity index (χ1n) is 10.5. The monoisotopic (exact) mass is 440 g/mol. The molecule has 0 aromatic carbocycles. The van der Waals surface area contributed by atoms with Crippen molar-refractivity contribution in [1.82, 2.24) is 9.80 Å². The molecule has 0 saturated carbocycles. The molecule has 1 aliphatic heterocycles. The molecule has 170 valence electrons. The van der Waals surface area contributed by atoms with Crippen molar-refractivity contribution in [2.24, 2.45) is 0 Å². The molecule has 1 atom stereocenters. The van der Waals surface area contributed by atoms with E-state index in [-0.39, 0.29) is 17.2 Å². The lowest BCUT2D eigenvalue weighted by Gasteiger charge is -2.38. The van der Waals surface area contributed by atoms with Crippen LogP contribution in [-0.2, 0) is 14.3 Å². The van der Waals surface area contributed by atoms with Crippen LogP contribution >= 0.6 is 11.6 Å². The zero-order valence-electron chi connectivity index (χ0n) is 19.3. The first-order valence-corrected chi connectivity index (χ1v) is 10.9. The van der Waals surface area contributed by atoms with Gasteiger partial charge >= 0.3 is 12.1 Å². The summed E-state index contributed by atoms with van der Waals surface area (Å²) in [6.45, 7) is 15.9. The number of amides is 1. The minimum atomic E-state index is -0.500. The summed E-state index contributed by atoms with van der Waals surface area (Å²) in [6, 6.07) is 0.132. The van der Waals surface area contributed by atoms with E-state index in [2.05, 4.69) is 11.5 Å². The van der Waals surface area contributed by atoms with Crippen molar-refractivity contribution in [2.45, 2.75) is 65.5 Å². The molecule has 0 aromatic heterocycles. The van der Waals surface area contributed by atoms with Crippen LogP contribution in [0, 0.1) is 0 Å². The van der Waals surface area contributed by atoms with Gasteiger partial charge in [0.05, 0.1) is 12.2 Å². The number of nitrogens with zero attached hydrogens (tertiary/aromatic N) is 2. The van der Waals surface area contributed by atoms with Crippen LogP contribution in [-0.4, -0.2) is 66.8 Å². The van der Waals surface area contributed by atoms with Gasteiger partial charge in [-0.25, -0.2) is 9.59 Å². The van der Waals surface area contributed by atoms with Crippen molar-refractivity contribution < 1.29 is 19.1 Å². The number of ether oxygens (including phenoxy) is 2. The van der Waals surface area contributed by atoms with Crippen LogP contribution in [0.15, 0.2) is 34.9 Å². The first kappa shape index (κ1) is 26.2. The second-order valence-corrected chi connectivity index (χ2v) is 9.18. The van der Waals surface area contributed by atoms with E-state index < -0.39 is 11.6 Å². The number of carbonyl (C=O) groups excluding carboxylic acids is 2. The summed E-state index contributed by atoms with van der Waals surface area (Å²) in [6.07, 6.45) is 5.84. The summed E-state index contributed by atoms with van der Waals surface area (Å²) in [7, 11) is 1.81. The van der Waals surface area contributed by atoms with Gasteiger partial charge in [0.1, 0.15) is 5.60 Å². The largest absolute Gasteiger partial charge is 0.462 e. The van der Waals surface area contributed by atoms with Gasteiger partial charge in [-0.2, -0.15) is 0 Å². The van der Waals surface area contributed by atoms with Crippen molar-refractivity contribution in [1.29, 1.82) is 0 Å². The maximum atomic E-state index is 12.4. The SMILES string of the molecule is C=C(Cl)/C=C(\C=C(\C)CCN1CCCC(N(C)C(=O)OC(C)(C)C)C1)C(=O)OCC. The third kappa shape index (κ3) is 9.81. The minimum absolute atomic E-state index is 0.132. The summed E-state index contributed by atoms with van der Waals surface area (Å²) >= 11 is 5.85. The van der Waals surface area contributed by atoms with E-state index in [4.69, 9.17) is 21.1 Å². The van der Waals surface area contributed by atoms with Gasteiger partial charge in [-0.05, 0) is 72.6 Å². The Morgan fingerprint density at radius 3 is 2.53 bits per heavy atom. The van der Waals surface area contributed by atoms with E-state index in [1.165, 1.54) is 6.08 Å². The molecule has 30 heavy (non-hydrogen) atoms. The van der Waals surface area contributed by atoms with E-state index in [0.29, 0.717) is 12.2 Å². The number of allylic oxidation sites excluding steroid dienone is 2. The molecule has 1 aliphatic rings. The Morgan fingerprint density at radius 2 is 1.97 bits per heavy atom. The molecule has 1 amide bonds. The Hall–Kier alpha value is -1.79. The molecular weight excluding hydrogens is 404 g/mol. The summed E-state index contributed by atoms with van der Waals surface area (Å²) in [5.74, 6) is -0.407. The third-order valence-electron chi connectivity index (χ3n) is 4.76. The molecule has 1 unspecified atom stereocenters. The van der Waals surface area contributed by atoms with E-state index >= 15 is 0 Å². The molecule has 0 N–H and O–H groups in total. The van der Waals surface area contributed by atoms with Crippen LogP contribution in [0.2, 0.25) is 0 Å². The Kier molecular flexibility index (Phi) is 10.6. The lowest BCUT2D eigenvalue weighted by molar-refractivity contribution is -0.138. The third-order valence-corrected chi connectivity index (χ3v) is 4.87. The predicted octanol–water partition coefficient (Wildman–Crippen LogP) is 4.90. The highest BCUT2D eigenvalue weighted by Crippen LogP contribution is 2.19. The Balaban J connectivity index is 2.68. The summed E-state index contributed by atoms with van der Waals surface area (Å²) in [5, 5.41) is 0.283. The zero-order chi connectivity index (χ0) is 22.9. The lowest BCUT2D eigenvalue weighted by Crippen LogP contribution is -2.49. The molecule has 0 aromatic rings. The smallest absolute Gasteiger partial charge is 0.410 e. The summed E-state index contributed by atoms with van der Waals surface area (Å²) in [5.41, 5.74) is 0.950. The highest BCUT2D eigenvalue weighted by molar-refractivity contribution is 6.31. The molecule has 1 rings (SSSR count). The number of hydrogen-bond acceptors (Lipinski definition) is 5. The number of halogens is 1. The highest BCUT2D eigenvalue weighted by atomic mass is 35.5. The van der Waals surface area contributed by atoms with E-state index in [1.54, 1.807) is 17.9 Å². The fourth-order valence-electron chi connectivity index (χ4n) is 3.25. The van der Waals surface area contributed by atoms with Crippen molar-refractivity contribution in [3.63, 3.8) is 0 Å². The standard InChI is InChI=1S/C23H37ClN2O4/c1-8-29-21(27)19(15-18(3)24)14-17(2)11-13-26-12-9-10-20(16-26)25(7)22(28)30-23(4,5)6/h14-15,20H,3,8-13,16H2,1-2,4-7H3/b17-14-,19-15+. The molecule has 0 radical (unpaired) electrons. The van der Waals surface area contributed by atoms with Crippen molar-refractivity contribution in [3.8, 4) is 0 Å². The Bertz CT molecular complexity index is 679. The van der Waals surface area contributed by atoms with Crippen LogP contribution in [0.25, 0.3) is 0 Å². The first-order chi connectivity index (χ1) is 13.9. The maximum absolute atomic E-state index is 12.4. The molecule has 1 saturated heterocycles. The molecule has 1 heterocycles. The fraction of sp³-hybridized carbons (Fsp3) is 0.652. The number of rotatable bonds is 8. The zero-order valence-corrected chi connectivity index (χ0v) is 20.1. The maximum Gasteiger partial charge on any atom is 0.410 e. The summed E-state index contributed by atoms with van der Waals surface area (Å²) < 4.78 is 10.6. The van der Waals surface area contributed by atoms with Crippen LogP contribution in [0.5, 0.6) is 0 Å². The normalized spacial score (nSPS) is 18.7. The Labute approximate surface area is 186 Å². The van der Waals surface area contributed by atoms with Gasteiger partial charge in [0.15, 0.2) is 0 Å². The number of hydrogen-bond donors (Lipinski definition) is 0. The number of likely N-dealkylation sites (tertiary alicyclic amines) is 1. The molecule has 7 heteroatoms. The molecule has 1 fully saturated rings. The highest BCUT2D eigenvalue weighted by Gasteiger charge is 2.29. The number of esters is 1. The van der Waals surface area contributed by atoms with E-state index in [9.17, 15) is 9.59 Å². The van der Waals surface area contributed by atoms with Gasteiger partial charge in [0, 0.05) is 31.2 Å². The van der Waals surface area contributed by atoms with Gasteiger partial charge in [0.25, 0.3) is 0 Å². The average Bonchev–Trinajstić information content (AvgIpc) is 2.64. The summed E-state index contributed by atoms with van der Waals surface area (Å²) in [4.78, 5) is 28.5. The van der Waals surface area contributed by atoms with Crippen molar-refractivity contribution in [3.05, 3.63) is 34.9 Å². The van der Waals surface area contributed by atoms with Gasteiger partial charge in [0.2, 0.25) is 0 Å². The Morgan fingerprint density at radius 1 is 1.30 bits per heavy atom. The quantitative estimate of drug-likeness (QED) is 0.305. The van der Waals surface area contributed by atoms with E-state index in [1.807, 2.05) is 34.7 Å². The average molecular weight is 441 g/mol. The van der Waals surface area contributed by atoms with Crippen LogP contribution in [0.4, 0.5) is 4.79 Å². The van der Waals surface area contributed by atoms with Crippen molar-refractivity contribution >= 4 is 23.7 Å². The van der Waals surface area contributed by atoms with Crippen LogP contribution < -0.4 is 0 Å². The molecular formula is C23H37ClN2O4.